The highest BCUT2D eigenvalue weighted by Crippen LogP contribution is 2.24. The zero-order chi connectivity index (χ0) is 14.7. The van der Waals surface area contributed by atoms with Gasteiger partial charge in [0, 0.05) is 11.1 Å². The number of aromatic nitrogens is 3. The molecular weight excluding hydrogens is 290 g/mol. The van der Waals surface area contributed by atoms with Crippen LogP contribution in [0.15, 0.2) is 10.4 Å². The minimum Gasteiger partial charge on any atom is -0.294 e. The van der Waals surface area contributed by atoms with Gasteiger partial charge < -0.3 is 0 Å². The lowest BCUT2D eigenvalue weighted by atomic mass is 10.2. The molecule has 0 spiro atoms. The second kappa shape index (κ2) is 6.45. The third-order valence-electron chi connectivity index (χ3n) is 2.78. The molecule has 2 heterocycles. The summed E-state index contributed by atoms with van der Waals surface area (Å²) < 4.78 is 0. The van der Waals surface area contributed by atoms with Gasteiger partial charge in [-0.05, 0) is 34.1 Å². The van der Waals surface area contributed by atoms with Crippen LogP contribution in [0.5, 0.6) is 0 Å². The fourth-order valence-corrected chi connectivity index (χ4v) is 3.75. The molecule has 0 fully saturated rings. The Kier molecular flexibility index (Phi) is 4.88. The van der Waals surface area contributed by atoms with Crippen LogP contribution in [0.25, 0.3) is 0 Å². The molecule has 0 radical (unpaired) electrons. The predicted octanol–water partition coefficient (Wildman–Crippen LogP) is 3.40. The normalized spacial score (nSPS) is 10.8. The standard InChI is InChI=1S/C14H17N3OS2/c1-8-13(9(2)18)14(16-10(3)15-8)19-6-5-12-7-20-11(4)17-12/h7H,5-6H2,1-4H3. The van der Waals surface area contributed by atoms with Gasteiger partial charge in [-0.25, -0.2) is 15.0 Å². The molecule has 0 bridgehead atoms. The van der Waals surface area contributed by atoms with E-state index in [1.165, 1.54) is 0 Å². The topological polar surface area (TPSA) is 55.7 Å². The molecule has 0 aromatic carbocycles. The van der Waals surface area contributed by atoms with Crippen LogP contribution in [-0.2, 0) is 6.42 Å². The summed E-state index contributed by atoms with van der Waals surface area (Å²) in [5, 5.41) is 3.95. The minimum absolute atomic E-state index is 0.0227. The number of carbonyl (C=O) groups excluding carboxylic acids is 1. The maximum absolute atomic E-state index is 11.7. The molecule has 0 aliphatic carbocycles. The molecule has 0 amide bonds. The summed E-state index contributed by atoms with van der Waals surface area (Å²) in [4.78, 5) is 24.8. The number of Topliss-reactive ketones (excluding diaryl/α,β-unsaturated/α-hetero) is 1. The van der Waals surface area contributed by atoms with Crippen LogP contribution < -0.4 is 0 Å². The summed E-state index contributed by atoms with van der Waals surface area (Å²) in [5.41, 5.74) is 2.51. The molecule has 0 aliphatic heterocycles. The lowest BCUT2D eigenvalue weighted by Crippen LogP contribution is -2.06. The molecule has 0 saturated heterocycles. The molecule has 106 valence electrons. The van der Waals surface area contributed by atoms with E-state index in [4.69, 9.17) is 0 Å². The molecule has 20 heavy (non-hydrogen) atoms. The zero-order valence-electron chi connectivity index (χ0n) is 12.1. The van der Waals surface area contributed by atoms with E-state index < -0.39 is 0 Å². The van der Waals surface area contributed by atoms with E-state index in [2.05, 4.69) is 20.3 Å². The molecular formula is C14H17N3OS2. The van der Waals surface area contributed by atoms with Crippen LogP contribution in [0.4, 0.5) is 0 Å². The average Bonchev–Trinajstić information content (AvgIpc) is 2.73. The van der Waals surface area contributed by atoms with Crippen molar-refractivity contribution in [2.75, 3.05) is 5.75 Å². The van der Waals surface area contributed by atoms with E-state index >= 15 is 0 Å². The second-order valence-electron chi connectivity index (χ2n) is 4.55. The van der Waals surface area contributed by atoms with Crippen molar-refractivity contribution in [1.82, 2.24) is 15.0 Å². The Hall–Kier alpha value is -1.27. The van der Waals surface area contributed by atoms with Gasteiger partial charge in [0.05, 0.1) is 22.0 Å². The lowest BCUT2D eigenvalue weighted by Gasteiger charge is -2.09. The van der Waals surface area contributed by atoms with Gasteiger partial charge in [-0.3, -0.25) is 4.79 Å². The van der Waals surface area contributed by atoms with Gasteiger partial charge >= 0.3 is 0 Å². The molecule has 0 unspecified atom stereocenters. The number of rotatable bonds is 5. The number of ketones is 1. The van der Waals surface area contributed by atoms with Crippen molar-refractivity contribution in [1.29, 1.82) is 0 Å². The van der Waals surface area contributed by atoms with Gasteiger partial charge in [0.25, 0.3) is 0 Å². The highest BCUT2D eigenvalue weighted by Gasteiger charge is 2.14. The maximum Gasteiger partial charge on any atom is 0.164 e. The third-order valence-corrected chi connectivity index (χ3v) is 4.58. The second-order valence-corrected chi connectivity index (χ2v) is 6.69. The highest BCUT2D eigenvalue weighted by atomic mass is 32.2. The number of nitrogens with zero attached hydrogens (tertiary/aromatic N) is 3. The number of thioether (sulfide) groups is 1. The van der Waals surface area contributed by atoms with Crippen LogP contribution in [0.1, 0.15) is 39.5 Å². The molecule has 2 rings (SSSR count). The summed E-state index contributed by atoms with van der Waals surface area (Å²) in [7, 11) is 0. The lowest BCUT2D eigenvalue weighted by molar-refractivity contribution is 0.101. The van der Waals surface area contributed by atoms with Gasteiger partial charge in [0.15, 0.2) is 5.78 Å². The predicted molar refractivity (Wildman–Crippen MR) is 82.8 cm³/mol. The zero-order valence-corrected chi connectivity index (χ0v) is 13.7. The monoisotopic (exact) mass is 307 g/mol. The van der Waals surface area contributed by atoms with Crippen LogP contribution >= 0.6 is 23.1 Å². The van der Waals surface area contributed by atoms with Crippen LogP contribution in [0.2, 0.25) is 0 Å². The SMILES string of the molecule is CC(=O)c1c(C)nc(C)nc1SCCc1csc(C)n1. The summed E-state index contributed by atoms with van der Waals surface area (Å²) in [6.45, 7) is 7.28. The highest BCUT2D eigenvalue weighted by molar-refractivity contribution is 7.99. The summed E-state index contributed by atoms with van der Waals surface area (Å²) in [6, 6.07) is 0. The number of carbonyl (C=O) groups is 1. The molecule has 6 heteroatoms. The fraction of sp³-hybridized carbons (Fsp3) is 0.429. The molecule has 0 aliphatic rings. The number of thiazole rings is 1. The molecule has 2 aromatic heterocycles. The van der Waals surface area contributed by atoms with Gasteiger partial charge in [-0.1, -0.05) is 0 Å². The van der Waals surface area contributed by atoms with E-state index in [0.29, 0.717) is 11.4 Å². The summed E-state index contributed by atoms with van der Waals surface area (Å²) >= 11 is 3.26. The van der Waals surface area contributed by atoms with E-state index in [-0.39, 0.29) is 5.78 Å². The van der Waals surface area contributed by atoms with Gasteiger partial charge in [-0.15, -0.1) is 23.1 Å². The minimum atomic E-state index is 0.0227. The smallest absolute Gasteiger partial charge is 0.164 e. The molecule has 0 N–H and O–H groups in total. The molecule has 2 aromatic rings. The van der Waals surface area contributed by atoms with Crippen molar-refractivity contribution < 1.29 is 4.79 Å². The van der Waals surface area contributed by atoms with E-state index in [1.54, 1.807) is 30.0 Å². The largest absolute Gasteiger partial charge is 0.294 e. The van der Waals surface area contributed by atoms with Crippen molar-refractivity contribution in [3.8, 4) is 0 Å². The van der Waals surface area contributed by atoms with Crippen molar-refractivity contribution in [3.05, 3.63) is 33.2 Å². The number of aryl methyl sites for hydroxylation is 4. The Morgan fingerprint density at radius 2 is 2.00 bits per heavy atom. The van der Waals surface area contributed by atoms with E-state index in [1.807, 2.05) is 20.8 Å². The van der Waals surface area contributed by atoms with Crippen molar-refractivity contribution in [2.24, 2.45) is 0 Å². The molecule has 4 nitrogen and oxygen atoms in total. The first kappa shape index (κ1) is 15.1. The Morgan fingerprint density at radius 3 is 2.60 bits per heavy atom. The van der Waals surface area contributed by atoms with Crippen molar-refractivity contribution in [2.45, 2.75) is 39.1 Å². The van der Waals surface area contributed by atoms with Crippen LogP contribution in [-0.4, -0.2) is 26.5 Å². The maximum atomic E-state index is 11.7. The fourth-order valence-electron chi connectivity index (χ4n) is 1.97. The van der Waals surface area contributed by atoms with Crippen LogP contribution in [0, 0.1) is 20.8 Å². The van der Waals surface area contributed by atoms with E-state index in [0.717, 1.165) is 33.6 Å². The Balaban J connectivity index is 2.10. The first-order valence-electron chi connectivity index (χ1n) is 6.37. The quantitative estimate of drug-likeness (QED) is 0.481. The first-order valence-corrected chi connectivity index (χ1v) is 8.24. The Bertz CT molecular complexity index is 637. The third kappa shape index (κ3) is 3.64. The van der Waals surface area contributed by atoms with Crippen molar-refractivity contribution >= 4 is 28.9 Å². The molecule has 0 saturated carbocycles. The molecule has 0 atom stereocenters. The van der Waals surface area contributed by atoms with Crippen molar-refractivity contribution in [3.63, 3.8) is 0 Å². The van der Waals surface area contributed by atoms with Gasteiger partial charge in [0.2, 0.25) is 0 Å². The first-order chi connectivity index (χ1) is 9.47. The Labute approximate surface area is 127 Å². The summed E-state index contributed by atoms with van der Waals surface area (Å²) in [6.07, 6.45) is 0.883. The Morgan fingerprint density at radius 1 is 1.25 bits per heavy atom. The average molecular weight is 307 g/mol. The van der Waals surface area contributed by atoms with Crippen LogP contribution in [0.3, 0.4) is 0 Å². The number of hydrogen-bond acceptors (Lipinski definition) is 6. The summed E-state index contributed by atoms with van der Waals surface area (Å²) in [5.74, 6) is 1.59. The van der Waals surface area contributed by atoms with Gasteiger partial charge in [-0.2, -0.15) is 0 Å². The number of hydrogen-bond donors (Lipinski definition) is 0. The van der Waals surface area contributed by atoms with E-state index in [9.17, 15) is 4.79 Å². The van der Waals surface area contributed by atoms with Gasteiger partial charge in [0.1, 0.15) is 10.9 Å².